The number of anilines is 1. The minimum Gasteiger partial charge on any atom is -0.348 e. The van der Waals surface area contributed by atoms with Crippen LogP contribution in [0.2, 0.25) is 0 Å². The van der Waals surface area contributed by atoms with Crippen molar-refractivity contribution in [1.29, 1.82) is 0 Å². The molecule has 0 spiro atoms. The van der Waals surface area contributed by atoms with Crippen LogP contribution >= 0.6 is 11.3 Å². The highest BCUT2D eigenvalue weighted by atomic mass is 32.1. The highest BCUT2D eigenvalue weighted by Crippen LogP contribution is 2.29. The summed E-state index contributed by atoms with van der Waals surface area (Å²) in [5.74, 6) is -0.0602. The number of amides is 1. The predicted molar refractivity (Wildman–Crippen MR) is 105 cm³/mol. The number of likely N-dealkylation sites (N-methyl/N-ethyl adjacent to an activating group) is 1. The molecule has 27 heavy (non-hydrogen) atoms. The molecule has 1 atom stereocenters. The Bertz CT molecular complexity index is 1060. The van der Waals surface area contributed by atoms with Gasteiger partial charge in [-0.2, -0.15) is 4.52 Å². The first-order valence-electron chi connectivity index (χ1n) is 8.97. The lowest BCUT2D eigenvalue weighted by molar-refractivity contribution is -0.120. The summed E-state index contributed by atoms with van der Waals surface area (Å²) in [7, 11) is 1.80. The van der Waals surface area contributed by atoms with Gasteiger partial charge in [-0.25, -0.2) is 4.98 Å². The van der Waals surface area contributed by atoms with Crippen molar-refractivity contribution in [3.05, 3.63) is 57.5 Å². The van der Waals surface area contributed by atoms with Crippen molar-refractivity contribution in [1.82, 2.24) is 19.9 Å². The van der Waals surface area contributed by atoms with Crippen molar-refractivity contribution >= 4 is 27.3 Å². The molecular weight excluding hydrogens is 362 g/mol. The van der Waals surface area contributed by atoms with E-state index in [1.807, 2.05) is 12.1 Å². The number of carbonyl (C=O) groups excluding carboxylic acids is 1. The summed E-state index contributed by atoms with van der Waals surface area (Å²) >= 11 is 1.30. The fourth-order valence-electron chi connectivity index (χ4n) is 3.49. The highest BCUT2D eigenvalue weighted by Gasteiger charge is 2.22. The van der Waals surface area contributed by atoms with Crippen molar-refractivity contribution in [2.75, 3.05) is 18.5 Å². The first-order chi connectivity index (χ1) is 13.0. The summed E-state index contributed by atoms with van der Waals surface area (Å²) in [6, 6.07) is 9.79. The SMILES string of the molecule is Cc1cc(=O)n2nc(N(C)CC(=O)NC3CCCc4ccccc43)sc2n1. The smallest absolute Gasteiger partial charge is 0.275 e. The Hall–Kier alpha value is -2.74. The molecule has 2 aromatic heterocycles. The molecule has 0 saturated heterocycles. The van der Waals surface area contributed by atoms with Crippen LogP contribution in [-0.4, -0.2) is 34.1 Å². The Morgan fingerprint density at radius 2 is 2.22 bits per heavy atom. The molecule has 0 fully saturated rings. The van der Waals surface area contributed by atoms with E-state index in [4.69, 9.17) is 0 Å². The number of nitrogens with zero attached hydrogens (tertiary/aromatic N) is 4. The highest BCUT2D eigenvalue weighted by molar-refractivity contribution is 7.20. The van der Waals surface area contributed by atoms with E-state index in [0.29, 0.717) is 15.8 Å². The largest absolute Gasteiger partial charge is 0.348 e. The lowest BCUT2D eigenvalue weighted by Gasteiger charge is -2.27. The maximum atomic E-state index is 12.6. The van der Waals surface area contributed by atoms with Gasteiger partial charge in [-0.15, -0.1) is 5.10 Å². The van der Waals surface area contributed by atoms with E-state index in [1.165, 1.54) is 33.0 Å². The number of aryl methyl sites for hydroxylation is 2. The standard InChI is InChI=1S/C19H21N5O2S/c1-12-10-17(26)24-18(20-12)27-19(22-24)23(2)11-16(25)21-15-9-5-7-13-6-3-4-8-14(13)15/h3-4,6,8,10,15H,5,7,9,11H2,1-2H3,(H,21,25). The molecule has 1 aliphatic carbocycles. The number of rotatable bonds is 4. The Morgan fingerprint density at radius 3 is 3.07 bits per heavy atom. The van der Waals surface area contributed by atoms with E-state index in [2.05, 4.69) is 27.5 Å². The van der Waals surface area contributed by atoms with Gasteiger partial charge in [0, 0.05) is 18.8 Å². The molecule has 0 radical (unpaired) electrons. The third-order valence-corrected chi connectivity index (χ3v) is 5.80. The number of aromatic nitrogens is 3. The third-order valence-electron chi connectivity index (χ3n) is 4.77. The van der Waals surface area contributed by atoms with E-state index < -0.39 is 0 Å². The maximum Gasteiger partial charge on any atom is 0.275 e. The first kappa shape index (κ1) is 17.7. The van der Waals surface area contributed by atoms with Gasteiger partial charge in [0.2, 0.25) is 16.0 Å². The topological polar surface area (TPSA) is 79.6 Å². The summed E-state index contributed by atoms with van der Waals surface area (Å²) in [5, 5.41) is 8.02. The molecule has 8 heteroatoms. The number of fused-ring (bicyclic) bond motifs is 2. The maximum absolute atomic E-state index is 12.6. The minimum atomic E-state index is -0.211. The third kappa shape index (κ3) is 3.57. The van der Waals surface area contributed by atoms with Gasteiger partial charge in [-0.3, -0.25) is 9.59 Å². The molecule has 7 nitrogen and oxygen atoms in total. The number of hydrogen-bond donors (Lipinski definition) is 1. The summed E-state index contributed by atoms with van der Waals surface area (Å²) < 4.78 is 1.28. The number of hydrogen-bond acceptors (Lipinski definition) is 6. The number of carbonyl (C=O) groups is 1. The van der Waals surface area contributed by atoms with Crippen LogP contribution in [0.15, 0.2) is 35.1 Å². The van der Waals surface area contributed by atoms with Gasteiger partial charge >= 0.3 is 0 Å². The van der Waals surface area contributed by atoms with E-state index in [9.17, 15) is 9.59 Å². The Morgan fingerprint density at radius 1 is 1.41 bits per heavy atom. The van der Waals surface area contributed by atoms with Crippen molar-refractivity contribution < 1.29 is 4.79 Å². The van der Waals surface area contributed by atoms with Crippen molar-refractivity contribution in [2.24, 2.45) is 0 Å². The summed E-state index contributed by atoms with van der Waals surface area (Å²) in [5.41, 5.74) is 2.98. The Labute approximate surface area is 160 Å². The molecule has 1 aromatic carbocycles. The molecule has 0 saturated carbocycles. The van der Waals surface area contributed by atoms with Gasteiger partial charge < -0.3 is 10.2 Å². The molecule has 1 N–H and O–H groups in total. The monoisotopic (exact) mass is 383 g/mol. The molecule has 1 amide bonds. The van der Waals surface area contributed by atoms with Gasteiger partial charge in [-0.1, -0.05) is 35.6 Å². The zero-order valence-corrected chi connectivity index (χ0v) is 16.1. The van der Waals surface area contributed by atoms with E-state index in [0.717, 1.165) is 19.3 Å². The minimum absolute atomic E-state index is 0.0538. The Kier molecular flexibility index (Phi) is 4.65. The number of benzene rings is 1. The number of nitrogens with one attached hydrogen (secondary N) is 1. The van der Waals surface area contributed by atoms with Crippen LogP contribution in [0.5, 0.6) is 0 Å². The van der Waals surface area contributed by atoms with Crippen molar-refractivity contribution in [2.45, 2.75) is 32.2 Å². The molecule has 140 valence electrons. The molecule has 1 aliphatic rings. The van der Waals surface area contributed by atoms with Gasteiger partial charge in [-0.05, 0) is 37.3 Å². The van der Waals surface area contributed by atoms with Crippen LogP contribution < -0.4 is 15.8 Å². The van der Waals surface area contributed by atoms with E-state index in [1.54, 1.807) is 18.9 Å². The average molecular weight is 383 g/mol. The fourth-order valence-corrected chi connectivity index (χ4v) is 4.40. The normalized spacial score (nSPS) is 16.1. The van der Waals surface area contributed by atoms with Crippen molar-refractivity contribution in [3.63, 3.8) is 0 Å². The van der Waals surface area contributed by atoms with Gasteiger partial charge in [0.25, 0.3) is 5.56 Å². The molecule has 2 heterocycles. The second-order valence-electron chi connectivity index (χ2n) is 6.88. The summed E-state index contributed by atoms with van der Waals surface area (Å²) in [4.78, 5) is 31.2. The lowest BCUT2D eigenvalue weighted by atomic mass is 9.88. The lowest BCUT2D eigenvalue weighted by Crippen LogP contribution is -2.38. The molecular formula is C19H21N5O2S. The van der Waals surface area contributed by atoms with Crippen LogP contribution in [0.3, 0.4) is 0 Å². The van der Waals surface area contributed by atoms with Crippen molar-refractivity contribution in [3.8, 4) is 0 Å². The first-order valence-corrected chi connectivity index (χ1v) is 9.79. The molecule has 0 aliphatic heterocycles. The molecule has 0 bridgehead atoms. The predicted octanol–water partition coefficient (Wildman–Crippen LogP) is 2.09. The van der Waals surface area contributed by atoms with Crippen LogP contribution in [-0.2, 0) is 11.2 Å². The quantitative estimate of drug-likeness (QED) is 0.746. The summed E-state index contributed by atoms with van der Waals surface area (Å²) in [6.07, 6.45) is 3.09. The fraction of sp³-hybridized carbons (Fsp3) is 0.368. The Balaban J connectivity index is 1.47. The zero-order chi connectivity index (χ0) is 19.0. The van der Waals surface area contributed by atoms with Gasteiger partial charge in [0.05, 0.1) is 12.6 Å². The van der Waals surface area contributed by atoms with Gasteiger partial charge in [0.1, 0.15) is 0 Å². The second-order valence-corrected chi connectivity index (χ2v) is 7.82. The van der Waals surface area contributed by atoms with Crippen LogP contribution in [0.1, 0.15) is 35.7 Å². The van der Waals surface area contributed by atoms with E-state index in [-0.39, 0.29) is 24.1 Å². The van der Waals surface area contributed by atoms with Crippen LogP contribution in [0.4, 0.5) is 5.13 Å². The zero-order valence-electron chi connectivity index (χ0n) is 15.3. The van der Waals surface area contributed by atoms with Gasteiger partial charge in [0.15, 0.2) is 0 Å². The molecule has 3 aromatic rings. The molecule has 1 unspecified atom stereocenters. The second kappa shape index (κ2) is 7.11. The average Bonchev–Trinajstić information content (AvgIpc) is 3.06. The van der Waals surface area contributed by atoms with Crippen LogP contribution in [0, 0.1) is 6.92 Å². The van der Waals surface area contributed by atoms with Crippen LogP contribution in [0.25, 0.3) is 4.96 Å². The molecule has 4 rings (SSSR count). The summed E-state index contributed by atoms with van der Waals surface area (Å²) in [6.45, 7) is 1.95. The van der Waals surface area contributed by atoms with E-state index >= 15 is 0 Å².